The molecule has 2 N–H and O–H groups in total. The summed E-state index contributed by atoms with van der Waals surface area (Å²) in [6.07, 6.45) is 1.98. The van der Waals surface area contributed by atoms with Crippen LogP contribution in [0.1, 0.15) is 26.7 Å². The minimum atomic E-state index is -0.454. The summed E-state index contributed by atoms with van der Waals surface area (Å²) in [6.45, 7) is 3.69. The lowest BCUT2D eigenvalue weighted by Crippen LogP contribution is -2.37. The molecule has 1 amide bonds. The molecule has 0 aromatic carbocycles. The summed E-state index contributed by atoms with van der Waals surface area (Å²) in [7, 11) is 0. The van der Waals surface area contributed by atoms with Crippen molar-refractivity contribution in [2.75, 3.05) is 0 Å². The summed E-state index contributed by atoms with van der Waals surface area (Å²) in [6, 6.07) is -0.0810. The first-order valence-corrected chi connectivity index (χ1v) is 3.60. The zero-order valence-electron chi connectivity index (χ0n) is 6.50. The number of nitrogens with one attached hydrogen (secondary N) is 1. The van der Waals surface area contributed by atoms with Gasteiger partial charge in [-0.2, -0.15) is 0 Å². The summed E-state index contributed by atoms with van der Waals surface area (Å²) < 4.78 is 0. The van der Waals surface area contributed by atoms with Crippen LogP contribution in [0, 0.1) is 0 Å². The van der Waals surface area contributed by atoms with Crippen LogP contribution < -0.4 is 5.32 Å². The minimum absolute atomic E-state index is 0.0810. The number of aliphatic hydroxyl groups is 1. The second-order valence-electron chi connectivity index (χ2n) is 2.42. The van der Waals surface area contributed by atoms with Crippen molar-refractivity contribution in [3.63, 3.8) is 0 Å². The van der Waals surface area contributed by atoms with Crippen molar-refractivity contribution in [2.45, 2.75) is 38.8 Å². The summed E-state index contributed by atoms with van der Waals surface area (Å²) in [5.74, 6) is 0. The number of hydrogen-bond acceptors (Lipinski definition) is 2. The Labute approximate surface area is 61.4 Å². The van der Waals surface area contributed by atoms with E-state index in [1.807, 2.05) is 6.92 Å². The normalized spacial score (nSPS) is 15.9. The van der Waals surface area contributed by atoms with Crippen LogP contribution in [0.2, 0.25) is 0 Å². The van der Waals surface area contributed by atoms with Gasteiger partial charge in [-0.05, 0) is 13.3 Å². The molecule has 0 aliphatic heterocycles. The van der Waals surface area contributed by atoms with Crippen LogP contribution in [0.25, 0.3) is 0 Å². The van der Waals surface area contributed by atoms with Crippen LogP contribution in [0.3, 0.4) is 0 Å². The number of aliphatic hydroxyl groups excluding tert-OH is 1. The average Bonchev–Trinajstić information content (AvgIpc) is 1.87. The van der Waals surface area contributed by atoms with E-state index in [9.17, 15) is 4.79 Å². The van der Waals surface area contributed by atoms with Crippen molar-refractivity contribution in [3.05, 3.63) is 0 Å². The highest BCUT2D eigenvalue weighted by molar-refractivity contribution is 5.46. The van der Waals surface area contributed by atoms with E-state index in [1.165, 1.54) is 0 Å². The Balaban J connectivity index is 3.60. The molecule has 3 nitrogen and oxygen atoms in total. The molecule has 0 aromatic heterocycles. The smallest absolute Gasteiger partial charge is 0.207 e. The van der Waals surface area contributed by atoms with Crippen LogP contribution in [0.5, 0.6) is 0 Å². The average molecular weight is 145 g/mol. The van der Waals surface area contributed by atoms with Gasteiger partial charge in [-0.3, -0.25) is 4.79 Å². The topological polar surface area (TPSA) is 49.3 Å². The van der Waals surface area contributed by atoms with Crippen LogP contribution >= 0.6 is 0 Å². The fourth-order valence-electron chi connectivity index (χ4n) is 0.862. The van der Waals surface area contributed by atoms with E-state index in [4.69, 9.17) is 5.11 Å². The molecule has 0 rings (SSSR count). The van der Waals surface area contributed by atoms with Gasteiger partial charge in [0.15, 0.2) is 0 Å². The molecule has 0 saturated heterocycles. The maximum Gasteiger partial charge on any atom is 0.207 e. The lowest BCUT2D eigenvalue weighted by atomic mass is 10.1. The highest BCUT2D eigenvalue weighted by atomic mass is 16.3. The van der Waals surface area contributed by atoms with Crippen LogP contribution in [-0.4, -0.2) is 23.7 Å². The second kappa shape index (κ2) is 5.23. The first kappa shape index (κ1) is 9.43. The molecule has 0 radical (unpaired) electrons. The minimum Gasteiger partial charge on any atom is -0.391 e. The summed E-state index contributed by atoms with van der Waals surface area (Å²) in [4.78, 5) is 9.97. The Bertz CT molecular complexity index is 93.6. The fraction of sp³-hybridized carbons (Fsp3) is 0.857. The second-order valence-corrected chi connectivity index (χ2v) is 2.42. The number of carbonyl (C=O) groups is 1. The molecule has 0 bridgehead atoms. The molecule has 0 aromatic rings. The van der Waals surface area contributed by atoms with Gasteiger partial charge in [0.1, 0.15) is 0 Å². The van der Waals surface area contributed by atoms with E-state index < -0.39 is 6.10 Å². The zero-order chi connectivity index (χ0) is 7.98. The maximum absolute atomic E-state index is 9.97. The molecule has 0 aliphatic rings. The molecule has 0 aliphatic carbocycles. The standard InChI is InChI=1S/C7H15NO2/c1-3-4-7(6(2)10)8-5-9/h5-7,10H,3-4H2,1-2H3,(H,8,9). The van der Waals surface area contributed by atoms with Crippen LogP contribution in [0.15, 0.2) is 0 Å². The van der Waals surface area contributed by atoms with Crippen LogP contribution in [-0.2, 0) is 4.79 Å². The molecular weight excluding hydrogens is 130 g/mol. The van der Waals surface area contributed by atoms with Gasteiger partial charge in [0.2, 0.25) is 6.41 Å². The van der Waals surface area contributed by atoms with Crippen molar-refractivity contribution >= 4 is 6.41 Å². The van der Waals surface area contributed by atoms with Crippen molar-refractivity contribution in [1.29, 1.82) is 0 Å². The number of carbonyl (C=O) groups excluding carboxylic acids is 1. The fourth-order valence-corrected chi connectivity index (χ4v) is 0.862. The number of rotatable bonds is 5. The molecule has 2 atom stereocenters. The van der Waals surface area contributed by atoms with E-state index in [1.54, 1.807) is 6.92 Å². The Morgan fingerprint density at radius 2 is 2.30 bits per heavy atom. The molecular formula is C7H15NO2. The molecule has 0 saturated carbocycles. The summed E-state index contributed by atoms with van der Waals surface area (Å²) in [5, 5.41) is 11.6. The Morgan fingerprint density at radius 1 is 1.70 bits per heavy atom. The predicted molar refractivity (Wildman–Crippen MR) is 39.6 cm³/mol. The van der Waals surface area contributed by atoms with E-state index in [-0.39, 0.29) is 6.04 Å². The first-order chi connectivity index (χ1) is 4.72. The van der Waals surface area contributed by atoms with E-state index in [0.717, 1.165) is 12.8 Å². The van der Waals surface area contributed by atoms with Gasteiger partial charge in [-0.25, -0.2) is 0 Å². The van der Waals surface area contributed by atoms with Gasteiger partial charge >= 0.3 is 0 Å². The van der Waals surface area contributed by atoms with Gasteiger partial charge in [0, 0.05) is 0 Å². The van der Waals surface area contributed by atoms with Gasteiger partial charge < -0.3 is 10.4 Å². The van der Waals surface area contributed by atoms with E-state index in [2.05, 4.69) is 5.32 Å². The monoisotopic (exact) mass is 145 g/mol. The van der Waals surface area contributed by atoms with Gasteiger partial charge in [0.25, 0.3) is 0 Å². The lowest BCUT2D eigenvalue weighted by molar-refractivity contribution is -0.110. The summed E-state index contributed by atoms with van der Waals surface area (Å²) >= 11 is 0. The third kappa shape index (κ3) is 3.45. The molecule has 3 heteroatoms. The molecule has 60 valence electrons. The maximum atomic E-state index is 9.97. The Morgan fingerprint density at radius 3 is 2.60 bits per heavy atom. The predicted octanol–water partition coefficient (Wildman–Crippen LogP) is 0.282. The third-order valence-corrected chi connectivity index (χ3v) is 1.46. The quantitative estimate of drug-likeness (QED) is 0.546. The number of amides is 1. The lowest BCUT2D eigenvalue weighted by Gasteiger charge is -2.17. The highest BCUT2D eigenvalue weighted by Crippen LogP contribution is 2.00. The van der Waals surface area contributed by atoms with Gasteiger partial charge in [-0.1, -0.05) is 13.3 Å². The molecule has 2 unspecified atom stereocenters. The SMILES string of the molecule is CCCC(NC=O)C(C)O. The van der Waals surface area contributed by atoms with Crippen LogP contribution in [0.4, 0.5) is 0 Å². The molecule has 0 fully saturated rings. The summed E-state index contributed by atoms with van der Waals surface area (Å²) in [5.41, 5.74) is 0. The largest absolute Gasteiger partial charge is 0.391 e. The van der Waals surface area contributed by atoms with Gasteiger partial charge in [0.05, 0.1) is 12.1 Å². The number of hydrogen-bond donors (Lipinski definition) is 2. The Hall–Kier alpha value is -0.570. The highest BCUT2D eigenvalue weighted by Gasteiger charge is 2.11. The van der Waals surface area contributed by atoms with E-state index >= 15 is 0 Å². The van der Waals surface area contributed by atoms with Crippen molar-refractivity contribution in [3.8, 4) is 0 Å². The van der Waals surface area contributed by atoms with Gasteiger partial charge in [-0.15, -0.1) is 0 Å². The van der Waals surface area contributed by atoms with Crippen molar-refractivity contribution < 1.29 is 9.90 Å². The zero-order valence-corrected chi connectivity index (χ0v) is 6.50. The molecule has 0 heterocycles. The molecule has 0 spiro atoms. The Kier molecular flexibility index (Phi) is 4.94. The van der Waals surface area contributed by atoms with E-state index in [0.29, 0.717) is 6.41 Å². The first-order valence-electron chi connectivity index (χ1n) is 3.60. The van der Waals surface area contributed by atoms with Crippen molar-refractivity contribution in [2.24, 2.45) is 0 Å². The third-order valence-electron chi connectivity index (χ3n) is 1.46. The van der Waals surface area contributed by atoms with Crippen molar-refractivity contribution in [1.82, 2.24) is 5.32 Å². The molecule has 10 heavy (non-hydrogen) atoms.